The maximum atomic E-state index is 13.1. The fraction of sp³-hybridized carbons (Fsp3) is 0.200. The van der Waals surface area contributed by atoms with Crippen molar-refractivity contribution in [3.05, 3.63) is 88.7 Å². The number of ether oxygens (including phenoxy) is 2. The van der Waals surface area contributed by atoms with Crippen LogP contribution in [0.2, 0.25) is 5.02 Å². The van der Waals surface area contributed by atoms with Gasteiger partial charge in [-0.3, -0.25) is 4.79 Å². The number of carbonyl (C=O) groups is 1. The van der Waals surface area contributed by atoms with E-state index >= 15 is 0 Å². The number of amides is 1. The SMILES string of the molecule is CCC(NC(=O)c1ccc2c(c1)OCO2)c1nc2ccccc2n1Cc1ccc(Cl)cc1. The number of para-hydroxylation sites is 2. The predicted octanol–water partition coefficient (Wildman–Crippen LogP) is 5.35. The minimum atomic E-state index is -0.257. The van der Waals surface area contributed by atoms with Gasteiger partial charge in [-0.15, -0.1) is 0 Å². The van der Waals surface area contributed by atoms with Crippen molar-refractivity contribution >= 4 is 28.5 Å². The van der Waals surface area contributed by atoms with E-state index in [1.807, 2.05) is 55.5 Å². The lowest BCUT2D eigenvalue weighted by atomic mass is 10.1. The van der Waals surface area contributed by atoms with E-state index in [0.29, 0.717) is 35.1 Å². The van der Waals surface area contributed by atoms with Gasteiger partial charge in [-0.2, -0.15) is 0 Å². The van der Waals surface area contributed by atoms with Gasteiger partial charge >= 0.3 is 0 Å². The third-order valence-corrected chi connectivity index (χ3v) is 5.85. The largest absolute Gasteiger partial charge is 0.454 e. The average Bonchev–Trinajstić information content (AvgIpc) is 3.43. The van der Waals surface area contributed by atoms with Crippen molar-refractivity contribution in [3.63, 3.8) is 0 Å². The minimum absolute atomic E-state index is 0.173. The molecule has 1 unspecified atom stereocenters. The van der Waals surface area contributed by atoms with Crippen LogP contribution < -0.4 is 14.8 Å². The Kier molecular flexibility index (Phi) is 5.45. The molecule has 4 aromatic rings. The molecular formula is C25H22ClN3O3. The number of carbonyl (C=O) groups excluding carboxylic acids is 1. The fourth-order valence-corrected chi connectivity index (χ4v) is 4.05. The average molecular weight is 448 g/mol. The second-order valence-electron chi connectivity index (χ2n) is 7.67. The summed E-state index contributed by atoms with van der Waals surface area (Å²) in [7, 11) is 0. The van der Waals surface area contributed by atoms with Crippen molar-refractivity contribution in [2.24, 2.45) is 0 Å². The number of nitrogens with one attached hydrogen (secondary N) is 1. The lowest BCUT2D eigenvalue weighted by Gasteiger charge is -2.19. The van der Waals surface area contributed by atoms with Crippen LogP contribution >= 0.6 is 11.6 Å². The summed E-state index contributed by atoms with van der Waals surface area (Å²) in [5, 5.41) is 3.85. The highest BCUT2D eigenvalue weighted by Gasteiger charge is 2.23. The van der Waals surface area contributed by atoms with Crippen LogP contribution in [0.4, 0.5) is 0 Å². The minimum Gasteiger partial charge on any atom is -0.454 e. The van der Waals surface area contributed by atoms with Gasteiger partial charge in [0.25, 0.3) is 5.91 Å². The van der Waals surface area contributed by atoms with Gasteiger partial charge in [0.1, 0.15) is 5.82 Å². The van der Waals surface area contributed by atoms with Crippen molar-refractivity contribution < 1.29 is 14.3 Å². The number of rotatable bonds is 6. The number of hydrogen-bond acceptors (Lipinski definition) is 4. The number of halogens is 1. The molecule has 0 aliphatic carbocycles. The van der Waals surface area contributed by atoms with E-state index in [-0.39, 0.29) is 18.7 Å². The zero-order valence-electron chi connectivity index (χ0n) is 17.5. The Bertz CT molecular complexity index is 1280. The highest BCUT2D eigenvalue weighted by atomic mass is 35.5. The molecule has 32 heavy (non-hydrogen) atoms. The molecule has 1 aromatic heterocycles. The number of benzene rings is 3. The number of nitrogens with zero attached hydrogens (tertiary/aromatic N) is 2. The maximum absolute atomic E-state index is 13.1. The van der Waals surface area contributed by atoms with Crippen LogP contribution in [-0.2, 0) is 6.54 Å². The van der Waals surface area contributed by atoms with E-state index in [2.05, 4.69) is 9.88 Å². The third-order valence-electron chi connectivity index (χ3n) is 5.60. The monoisotopic (exact) mass is 447 g/mol. The van der Waals surface area contributed by atoms with Crippen molar-refractivity contribution in [2.75, 3.05) is 6.79 Å². The van der Waals surface area contributed by atoms with Gasteiger partial charge in [-0.05, 0) is 54.4 Å². The summed E-state index contributed by atoms with van der Waals surface area (Å²) in [5.74, 6) is 1.87. The molecule has 0 bridgehead atoms. The van der Waals surface area contributed by atoms with E-state index in [1.54, 1.807) is 18.2 Å². The van der Waals surface area contributed by atoms with Crippen LogP contribution in [-0.4, -0.2) is 22.3 Å². The molecule has 1 aliphatic rings. The van der Waals surface area contributed by atoms with Crippen molar-refractivity contribution in [2.45, 2.75) is 25.9 Å². The zero-order valence-corrected chi connectivity index (χ0v) is 18.3. The normalized spacial score (nSPS) is 13.3. The summed E-state index contributed by atoms with van der Waals surface area (Å²) in [4.78, 5) is 17.9. The molecule has 1 amide bonds. The molecule has 6 nitrogen and oxygen atoms in total. The van der Waals surface area contributed by atoms with E-state index in [9.17, 15) is 4.79 Å². The molecule has 3 aromatic carbocycles. The van der Waals surface area contributed by atoms with Gasteiger partial charge in [0, 0.05) is 17.1 Å². The lowest BCUT2D eigenvalue weighted by Crippen LogP contribution is -2.30. The Morgan fingerprint density at radius 1 is 1.09 bits per heavy atom. The third kappa shape index (κ3) is 3.89. The molecule has 0 spiro atoms. The number of imidazole rings is 1. The molecule has 0 saturated carbocycles. The first kappa shape index (κ1) is 20.4. The van der Waals surface area contributed by atoms with E-state index in [0.717, 1.165) is 22.4 Å². The van der Waals surface area contributed by atoms with Crippen LogP contribution in [0.25, 0.3) is 11.0 Å². The van der Waals surface area contributed by atoms with E-state index in [1.165, 1.54) is 0 Å². The summed E-state index contributed by atoms with van der Waals surface area (Å²) >= 11 is 6.06. The molecule has 162 valence electrons. The molecule has 0 fully saturated rings. The highest BCUT2D eigenvalue weighted by molar-refractivity contribution is 6.30. The summed E-state index contributed by atoms with van der Waals surface area (Å²) < 4.78 is 12.9. The Morgan fingerprint density at radius 3 is 2.69 bits per heavy atom. The van der Waals surface area contributed by atoms with Gasteiger partial charge < -0.3 is 19.4 Å². The molecule has 0 radical (unpaired) electrons. The molecule has 1 atom stereocenters. The van der Waals surface area contributed by atoms with Crippen LogP contribution in [0, 0.1) is 0 Å². The molecule has 1 aliphatic heterocycles. The Labute approximate surface area is 190 Å². The summed E-state index contributed by atoms with van der Waals surface area (Å²) in [6.45, 7) is 2.84. The summed E-state index contributed by atoms with van der Waals surface area (Å²) in [6.07, 6.45) is 0.695. The van der Waals surface area contributed by atoms with Gasteiger partial charge in [0.2, 0.25) is 6.79 Å². The van der Waals surface area contributed by atoms with Crippen molar-refractivity contribution in [1.29, 1.82) is 0 Å². The Morgan fingerprint density at radius 2 is 1.88 bits per heavy atom. The standard InChI is InChI=1S/C25H22ClN3O3/c1-2-19(28-25(30)17-9-12-22-23(13-17)32-15-31-22)24-27-20-5-3-4-6-21(20)29(24)14-16-7-10-18(26)11-8-16/h3-13,19H,2,14-15H2,1H3,(H,28,30). The maximum Gasteiger partial charge on any atom is 0.252 e. The zero-order chi connectivity index (χ0) is 22.1. The Balaban J connectivity index is 1.47. The molecule has 2 heterocycles. The number of aromatic nitrogens is 2. The van der Waals surface area contributed by atoms with Crippen LogP contribution in [0.15, 0.2) is 66.7 Å². The summed E-state index contributed by atoms with van der Waals surface area (Å²) in [6, 6.07) is 20.7. The molecule has 7 heteroatoms. The topological polar surface area (TPSA) is 65.4 Å². The van der Waals surface area contributed by atoms with Crippen LogP contribution in [0.5, 0.6) is 11.5 Å². The van der Waals surface area contributed by atoms with E-state index in [4.69, 9.17) is 26.1 Å². The first-order valence-electron chi connectivity index (χ1n) is 10.5. The smallest absolute Gasteiger partial charge is 0.252 e. The second kappa shape index (κ2) is 8.55. The van der Waals surface area contributed by atoms with Crippen LogP contribution in [0.1, 0.15) is 41.1 Å². The van der Waals surface area contributed by atoms with Crippen molar-refractivity contribution in [1.82, 2.24) is 14.9 Å². The first-order chi connectivity index (χ1) is 15.6. The van der Waals surface area contributed by atoms with Gasteiger partial charge in [0.15, 0.2) is 11.5 Å². The molecule has 5 rings (SSSR count). The lowest BCUT2D eigenvalue weighted by molar-refractivity contribution is 0.0932. The second-order valence-corrected chi connectivity index (χ2v) is 8.11. The number of hydrogen-bond donors (Lipinski definition) is 1. The van der Waals surface area contributed by atoms with Gasteiger partial charge in [-0.25, -0.2) is 4.98 Å². The first-order valence-corrected chi connectivity index (χ1v) is 10.9. The Hall–Kier alpha value is -3.51. The summed E-state index contributed by atoms with van der Waals surface area (Å²) in [5.41, 5.74) is 3.55. The van der Waals surface area contributed by atoms with Crippen LogP contribution in [0.3, 0.4) is 0 Å². The number of fused-ring (bicyclic) bond motifs is 2. The molecular weight excluding hydrogens is 426 g/mol. The fourth-order valence-electron chi connectivity index (χ4n) is 3.93. The molecule has 1 N–H and O–H groups in total. The highest BCUT2D eigenvalue weighted by Crippen LogP contribution is 2.33. The van der Waals surface area contributed by atoms with Gasteiger partial charge in [0.05, 0.1) is 17.1 Å². The quantitative estimate of drug-likeness (QED) is 0.433. The van der Waals surface area contributed by atoms with Crippen molar-refractivity contribution in [3.8, 4) is 11.5 Å². The van der Waals surface area contributed by atoms with E-state index < -0.39 is 0 Å². The molecule has 0 saturated heterocycles. The van der Waals surface area contributed by atoms with Gasteiger partial charge in [-0.1, -0.05) is 42.8 Å². The predicted molar refractivity (Wildman–Crippen MR) is 123 cm³/mol.